The van der Waals surface area contributed by atoms with Crippen LogP contribution in [0.2, 0.25) is 0 Å². The topological polar surface area (TPSA) is 190 Å². The number of fused-ring (bicyclic) bond motifs is 2. The molecular weight excluding hydrogens is 610 g/mol. The Morgan fingerprint density at radius 3 is 2.61 bits per heavy atom. The van der Waals surface area contributed by atoms with Gasteiger partial charge in [-0.25, -0.2) is 14.3 Å². The third kappa shape index (κ3) is 5.44. The van der Waals surface area contributed by atoms with Crippen molar-refractivity contribution in [3.8, 4) is 0 Å². The third-order valence-electron chi connectivity index (χ3n) is 7.06. The number of hydrogen-bond donors (Lipinski definition) is 3. The number of β-lactam (4-membered cyclic amide) rings is 1. The van der Waals surface area contributed by atoms with Gasteiger partial charge in [0.15, 0.2) is 0 Å². The van der Waals surface area contributed by atoms with Gasteiger partial charge in [0.1, 0.15) is 34.3 Å². The zero-order chi connectivity index (χ0) is 31.0. The first-order valence-corrected chi connectivity index (χ1v) is 15.2. The summed E-state index contributed by atoms with van der Waals surface area (Å²) >= 11 is 2.56. The highest BCUT2D eigenvalue weighted by molar-refractivity contribution is 8.01. The van der Waals surface area contributed by atoms with Gasteiger partial charge in [-0.2, -0.15) is 0 Å². The molecule has 44 heavy (non-hydrogen) atoms. The van der Waals surface area contributed by atoms with E-state index in [9.17, 15) is 29.1 Å². The highest BCUT2D eigenvalue weighted by Crippen LogP contribution is 2.41. The Hall–Kier alpha value is -4.96. The van der Waals surface area contributed by atoms with Crippen LogP contribution in [0, 0.1) is 0 Å². The molecule has 4 heterocycles. The van der Waals surface area contributed by atoms with Crippen molar-refractivity contribution in [2.24, 2.45) is 7.05 Å². The fourth-order valence-electron chi connectivity index (χ4n) is 4.90. The Bertz CT molecular complexity index is 1890. The number of thioether (sulfide) groups is 2. The number of tetrazole rings is 1. The molecule has 0 radical (unpaired) electrons. The van der Waals surface area contributed by atoms with E-state index < -0.39 is 46.8 Å². The molecule has 3 atom stereocenters. The summed E-state index contributed by atoms with van der Waals surface area (Å²) in [5, 5.41) is 26.8. The van der Waals surface area contributed by atoms with Crippen molar-refractivity contribution in [1.29, 1.82) is 0 Å². The van der Waals surface area contributed by atoms with E-state index >= 15 is 0 Å². The zero-order valence-electron chi connectivity index (χ0n) is 22.9. The summed E-state index contributed by atoms with van der Waals surface area (Å²) in [4.78, 5) is 66.1. The van der Waals surface area contributed by atoms with Crippen molar-refractivity contribution in [2.75, 3.05) is 11.5 Å². The van der Waals surface area contributed by atoms with Crippen LogP contribution in [0.15, 0.2) is 86.3 Å². The Labute approximate surface area is 256 Å². The van der Waals surface area contributed by atoms with Gasteiger partial charge < -0.3 is 20.2 Å². The highest BCUT2D eigenvalue weighted by atomic mass is 32.2. The molecule has 224 valence electrons. The van der Waals surface area contributed by atoms with E-state index in [1.165, 1.54) is 39.2 Å². The average Bonchev–Trinajstić information content (AvgIpc) is 3.44. The van der Waals surface area contributed by atoms with Crippen LogP contribution in [0.25, 0.3) is 11.0 Å². The number of carboxylic acids is 1. The minimum absolute atomic E-state index is 0.136. The average molecular weight is 634 g/mol. The smallest absolute Gasteiger partial charge is 0.352 e. The van der Waals surface area contributed by atoms with Gasteiger partial charge in [-0.05, 0) is 33.7 Å². The number of para-hydroxylation sites is 1. The van der Waals surface area contributed by atoms with E-state index in [0.29, 0.717) is 33.0 Å². The summed E-state index contributed by atoms with van der Waals surface area (Å²) in [6.07, 6.45) is 0. The van der Waals surface area contributed by atoms with E-state index in [4.69, 9.17) is 4.42 Å². The molecule has 2 aromatic heterocycles. The second kappa shape index (κ2) is 12.0. The first-order valence-electron chi connectivity index (χ1n) is 13.2. The molecule has 0 saturated carbocycles. The van der Waals surface area contributed by atoms with Gasteiger partial charge >= 0.3 is 11.6 Å². The standard InChI is InChI=1S/C28H23N7O7S2/c1-34-28(31-32-33-34)44-13-16-12-43-25-20(24(38)35(25)21(16)26(39)40)30-23(37)19(14-7-3-2-4-8-14)29-22(36)17-11-15-9-5-6-10-18(15)42-27(17)41/h2-11,19-20,25H,12-13H2,1H3,(H,29,36)(H,30,37)(H,39,40)/t19?,20?,25-/m0/s1. The molecule has 3 amide bonds. The molecule has 2 aliphatic rings. The lowest BCUT2D eigenvalue weighted by Gasteiger charge is -2.49. The summed E-state index contributed by atoms with van der Waals surface area (Å²) < 4.78 is 6.73. The van der Waals surface area contributed by atoms with Crippen LogP contribution in [0.3, 0.4) is 0 Å². The number of aromatic nitrogens is 4. The number of carbonyl (C=O) groups is 4. The third-order valence-corrected chi connectivity index (χ3v) is 9.50. The molecule has 0 spiro atoms. The number of benzene rings is 2. The molecule has 14 nitrogen and oxygen atoms in total. The summed E-state index contributed by atoms with van der Waals surface area (Å²) in [5.41, 5.74) is -0.0470. The predicted octanol–water partition coefficient (Wildman–Crippen LogP) is 1.32. The van der Waals surface area contributed by atoms with Crippen LogP contribution in [0.5, 0.6) is 0 Å². The maximum absolute atomic E-state index is 13.6. The van der Waals surface area contributed by atoms with Crippen LogP contribution < -0.4 is 16.3 Å². The van der Waals surface area contributed by atoms with Gasteiger partial charge in [-0.3, -0.25) is 19.3 Å². The molecular formula is C28H23N7O7S2. The Morgan fingerprint density at radius 1 is 1.14 bits per heavy atom. The molecule has 4 aromatic rings. The van der Waals surface area contributed by atoms with Crippen molar-refractivity contribution in [3.63, 3.8) is 0 Å². The largest absolute Gasteiger partial charge is 0.477 e. The number of amides is 3. The monoisotopic (exact) mass is 633 g/mol. The molecule has 1 saturated heterocycles. The van der Waals surface area contributed by atoms with Crippen molar-refractivity contribution in [2.45, 2.75) is 22.6 Å². The number of nitrogens with zero attached hydrogens (tertiary/aromatic N) is 5. The van der Waals surface area contributed by atoms with Crippen molar-refractivity contribution < 1.29 is 28.7 Å². The molecule has 3 N–H and O–H groups in total. The Balaban J connectivity index is 1.21. The number of nitrogens with one attached hydrogen (secondary N) is 2. The van der Waals surface area contributed by atoms with Crippen LogP contribution >= 0.6 is 23.5 Å². The first-order chi connectivity index (χ1) is 21.2. The van der Waals surface area contributed by atoms with Crippen molar-refractivity contribution in [3.05, 3.63) is 93.5 Å². The van der Waals surface area contributed by atoms with Crippen LogP contribution in [-0.4, -0.2) is 76.8 Å². The van der Waals surface area contributed by atoms with E-state index in [-0.39, 0.29) is 17.0 Å². The van der Waals surface area contributed by atoms with E-state index in [1.54, 1.807) is 61.6 Å². The molecule has 1 fully saturated rings. The van der Waals surface area contributed by atoms with Crippen LogP contribution in [0.4, 0.5) is 0 Å². The van der Waals surface area contributed by atoms with Crippen molar-refractivity contribution >= 4 is 58.2 Å². The van der Waals surface area contributed by atoms with Crippen molar-refractivity contribution in [1.82, 2.24) is 35.7 Å². The predicted molar refractivity (Wildman–Crippen MR) is 158 cm³/mol. The summed E-state index contributed by atoms with van der Waals surface area (Å²) in [6.45, 7) is 0. The van der Waals surface area contributed by atoms with Gasteiger partial charge in [-0.1, -0.05) is 60.3 Å². The quantitative estimate of drug-likeness (QED) is 0.136. The minimum Gasteiger partial charge on any atom is -0.477 e. The van der Waals surface area contributed by atoms with Crippen LogP contribution in [-0.2, 0) is 21.4 Å². The lowest BCUT2D eigenvalue weighted by Crippen LogP contribution is -2.71. The normalized spacial score (nSPS) is 18.4. The SMILES string of the molecule is Cn1nnnc1SCC1=C(C(=O)O)N2C(=O)C(NC(=O)C(NC(=O)c3cc4ccccc4oc3=O)c3ccccc3)[C@@H]2SC1. The molecule has 2 unspecified atom stereocenters. The number of aryl methyl sites for hydroxylation is 1. The highest BCUT2D eigenvalue weighted by Gasteiger charge is 2.54. The second-order valence-electron chi connectivity index (χ2n) is 9.83. The lowest BCUT2D eigenvalue weighted by atomic mass is 10.0. The van der Waals surface area contributed by atoms with Gasteiger partial charge in [0.05, 0.1) is 0 Å². The van der Waals surface area contributed by atoms with Gasteiger partial charge in [0.25, 0.3) is 11.8 Å². The molecule has 2 aliphatic heterocycles. The minimum atomic E-state index is -1.27. The fraction of sp³-hybridized carbons (Fsp3) is 0.214. The summed E-state index contributed by atoms with van der Waals surface area (Å²) in [7, 11) is 1.66. The number of carbonyl (C=O) groups excluding carboxylic acids is 3. The second-order valence-corrected chi connectivity index (χ2v) is 11.9. The fourth-order valence-corrected chi connectivity index (χ4v) is 7.24. The van der Waals surface area contributed by atoms with E-state index in [2.05, 4.69) is 26.2 Å². The number of carboxylic acid groups (broad SMARTS) is 1. The Kier molecular flexibility index (Phi) is 7.92. The van der Waals surface area contributed by atoms with Gasteiger partial charge in [0.2, 0.25) is 11.1 Å². The maximum Gasteiger partial charge on any atom is 0.352 e. The molecule has 6 rings (SSSR count). The number of hydrogen-bond acceptors (Lipinski definition) is 11. The van der Waals surface area contributed by atoms with Crippen LogP contribution in [0.1, 0.15) is 22.0 Å². The first kappa shape index (κ1) is 29.1. The van der Waals surface area contributed by atoms with Gasteiger partial charge in [0, 0.05) is 23.9 Å². The molecule has 0 aliphatic carbocycles. The number of aliphatic carboxylic acids is 1. The molecule has 2 aromatic carbocycles. The van der Waals surface area contributed by atoms with E-state index in [0.717, 1.165) is 0 Å². The summed E-state index contributed by atoms with van der Waals surface area (Å²) in [6, 6.07) is 14.1. The van der Waals surface area contributed by atoms with Gasteiger partial charge in [-0.15, -0.1) is 16.9 Å². The number of rotatable bonds is 9. The van der Waals surface area contributed by atoms with E-state index in [1.807, 2.05) is 0 Å². The lowest BCUT2D eigenvalue weighted by molar-refractivity contribution is -0.151. The summed E-state index contributed by atoms with van der Waals surface area (Å²) in [5.74, 6) is -2.84. The molecule has 0 bridgehead atoms. The molecule has 16 heteroatoms. The zero-order valence-corrected chi connectivity index (χ0v) is 24.5. The maximum atomic E-state index is 13.6. The Morgan fingerprint density at radius 2 is 1.89 bits per heavy atom.